The monoisotopic (exact) mass is 462 g/mol. The molecule has 1 unspecified atom stereocenters. The van der Waals surface area contributed by atoms with Crippen molar-refractivity contribution in [3.8, 4) is 17.2 Å². The standard InChI is InChI=1S/C25H22N2O5S/c1-30-18-9-6-16(7-10-18)23-13-25(29)27(19-4-2-3-5-22(19)33-23)14-24(28)26-17-8-11-20-21(12-17)32-15-31-20/h2-12,23H,13-15H2,1H3,(H,26,28). The van der Waals surface area contributed by atoms with Crippen LogP contribution >= 0.6 is 11.8 Å². The van der Waals surface area contributed by atoms with Gasteiger partial charge in [0.25, 0.3) is 0 Å². The summed E-state index contributed by atoms with van der Waals surface area (Å²) in [6, 6.07) is 20.7. The molecule has 3 aromatic carbocycles. The molecule has 5 rings (SSSR count). The van der Waals surface area contributed by atoms with E-state index in [4.69, 9.17) is 14.2 Å². The highest BCUT2D eigenvalue weighted by Gasteiger charge is 2.30. The maximum Gasteiger partial charge on any atom is 0.244 e. The van der Waals surface area contributed by atoms with Gasteiger partial charge in [-0.3, -0.25) is 9.59 Å². The highest BCUT2D eigenvalue weighted by molar-refractivity contribution is 7.99. The first-order valence-corrected chi connectivity index (χ1v) is 11.4. The summed E-state index contributed by atoms with van der Waals surface area (Å²) in [4.78, 5) is 28.7. The quantitative estimate of drug-likeness (QED) is 0.596. The maximum atomic E-state index is 13.3. The van der Waals surface area contributed by atoms with Crippen LogP contribution in [0.1, 0.15) is 17.2 Å². The Bertz CT molecular complexity index is 1200. The third-order valence-electron chi connectivity index (χ3n) is 5.53. The number of nitrogens with zero attached hydrogens (tertiary/aromatic N) is 1. The summed E-state index contributed by atoms with van der Waals surface area (Å²) in [5.74, 6) is 1.61. The molecule has 2 aliphatic rings. The van der Waals surface area contributed by atoms with Gasteiger partial charge < -0.3 is 24.4 Å². The molecule has 2 aliphatic heterocycles. The molecule has 0 radical (unpaired) electrons. The SMILES string of the molecule is COc1ccc(C2CC(=O)N(CC(=O)Nc3ccc4c(c3)OCO4)c3ccccc3S2)cc1. The molecule has 7 nitrogen and oxygen atoms in total. The average molecular weight is 463 g/mol. The van der Waals surface area contributed by atoms with Gasteiger partial charge in [-0.1, -0.05) is 24.3 Å². The number of thioether (sulfide) groups is 1. The summed E-state index contributed by atoms with van der Waals surface area (Å²) in [5.41, 5.74) is 2.37. The molecule has 2 amide bonds. The molecule has 1 N–H and O–H groups in total. The van der Waals surface area contributed by atoms with Crippen LogP contribution in [0.5, 0.6) is 17.2 Å². The highest BCUT2D eigenvalue weighted by atomic mass is 32.2. The van der Waals surface area contributed by atoms with E-state index in [9.17, 15) is 9.59 Å². The molecule has 2 heterocycles. The minimum Gasteiger partial charge on any atom is -0.497 e. The Kier molecular flexibility index (Phi) is 5.83. The third kappa shape index (κ3) is 4.47. The van der Waals surface area contributed by atoms with Gasteiger partial charge in [-0.05, 0) is 42.0 Å². The first-order chi connectivity index (χ1) is 16.1. The normalized spacial score (nSPS) is 16.7. The molecule has 0 aromatic heterocycles. The number of benzene rings is 3. The summed E-state index contributed by atoms with van der Waals surface area (Å²) in [6.45, 7) is 0.0823. The van der Waals surface area contributed by atoms with Crippen LogP contribution in [0, 0.1) is 0 Å². The van der Waals surface area contributed by atoms with Crippen LogP contribution in [-0.4, -0.2) is 32.3 Å². The number of fused-ring (bicyclic) bond motifs is 2. The number of rotatable bonds is 5. The summed E-state index contributed by atoms with van der Waals surface area (Å²) >= 11 is 1.63. The number of hydrogen-bond acceptors (Lipinski definition) is 6. The first-order valence-electron chi connectivity index (χ1n) is 10.5. The van der Waals surface area contributed by atoms with Gasteiger partial charge in [-0.15, -0.1) is 11.8 Å². The van der Waals surface area contributed by atoms with Crippen LogP contribution in [0.15, 0.2) is 71.6 Å². The third-order valence-corrected chi connectivity index (χ3v) is 6.85. The minimum absolute atomic E-state index is 0.0634. The molecule has 0 saturated carbocycles. The Morgan fingerprint density at radius 1 is 1.09 bits per heavy atom. The fourth-order valence-corrected chi connectivity index (χ4v) is 5.16. The van der Waals surface area contributed by atoms with Crippen molar-refractivity contribution in [2.45, 2.75) is 16.6 Å². The predicted octanol–water partition coefficient (Wildman–Crippen LogP) is 4.63. The van der Waals surface area contributed by atoms with Gasteiger partial charge in [0.05, 0.1) is 12.8 Å². The van der Waals surface area contributed by atoms with E-state index in [1.165, 1.54) is 0 Å². The number of para-hydroxylation sites is 1. The van der Waals surface area contributed by atoms with Crippen LogP contribution in [0.2, 0.25) is 0 Å². The predicted molar refractivity (Wildman–Crippen MR) is 126 cm³/mol. The van der Waals surface area contributed by atoms with E-state index in [2.05, 4.69) is 5.32 Å². The van der Waals surface area contributed by atoms with Gasteiger partial charge in [-0.25, -0.2) is 0 Å². The molecular formula is C25H22N2O5S. The molecule has 0 saturated heterocycles. The van der Waals surface area contributed by atoms with Gasteiger partial charge in [-0.2, -0.15) is 0 Å². The van der Waals surface area contributed by atoms with Gasteiger partial charge in [0.1, 0.15) is 12.3 Å². The number of methoxy groups -OCH3 is 1. The van der Waals surface area contributed by atoms with E-state index in [0.717, 1.165) is 21.9 Å². The van der Waals surface area contributed by atoms with Crippen molar-refractivity contribution in [2.24, 2.45) is 0 Å². The van der Waals surface area contributed by atoms with E-state index in [1.54, 1.807) is 42.0 Å². The molecular weight excluding hydrogens is 440 g/mol. The molecule has 168 valence electrons. The fourth-order valence-electron chi connectivity index (χ4n) is 3.87. The van der Waals surface area contributed by atoms with Crippen LogP contribution in [0.3, 0.4) is 0 Å². The van der Waals surface area contributed by atoms with E-state index >= 15 is 0 Å². The summed E-state index contributed by atoms with van der Waals surface area (Å²) in [7, 11) is 1.63. The van der Waals surface area contributed by atoms with Crippen molar-refractivity contribution in [1.82, 2.24) is 0 Å². The minimum atomic E-state index is -0.287. The Morgan fingerprint density at radius 3 is 2.70 bits per heavy atom. The molecule has 0 aliphatic carbocycles. The van der Waals surface area contributed by atoms with Crippen molar-refractivity contribution >= 4 is 35.0 Å². The smallest absolute Gasteiger partial charge is 0.244 e. The zero-order valence-corrected chi connectivity index (χ0v) is 18.8. The molecule has 0 fully saturated rings. The zero-order valence-electron chi connectivity index (χ0n) is 17.9. The summed E-state index contributed by atoms with van der Waals surface area (Å²) < 4.78 is 15.9. The maximum absolute atomic E-state index is 13.3. The number of amides is 2. The Balaban J connectivity index is 1.36. The molecule has 33 heavy (non-hydrogen) atoms. The lowest BCUT2D eigenvalue weighted by molar-refractivity contribution is -0.121. The zero-order chi connectivity index (χ0) is 22.8. The van der Waals surface area contributed by atoms with Gasteiger partial charge in [0.2, 0.25) is 18.6 Å². The van der Waals surface area contributed by atoms with Crippen LogP contribution in [0.25, 0.3) is 0 Å². The number of nitrogens with one attached hydrogen (secondary N) is 1. The molecule has 0 bridgehead atoms. The summed E-state index contributed by atoms with van der Waals surface area (Å²) in [5, 5.41) is 2.79. The number of ether oxygens (including phenoxy) is 3. The Hall–Kier alpha value is -3.65. The molecule has 3 aromatic rings. The largest absolute Gasteiger partial charge is 0.497 e. The first kappa shape index (κ1) is 21.2. The van der Waals surface area contributed by atoms with E-state index in [1.807, 2.05) is 48.5 Å². The Morgan fingerprint density at radius 2 is 1.88 bits per heavy atom. The lowest BCUT2D eigenvalue weighted by atomic mass is 10.1. The van der Waals surface area contributed by atoms with Crippen molar-refractivity contribution in [3.05, 3.63) is 72.3 Å². The van der Waals surface area contributed by atoms with Crippen LogP contribution in [0.4, 0.5) is 11.4 Å². The second-order valence-corrected chi connectivity index (χ2v) is 8.89. The van der Waals surface area contributed by atoms with Crippen molar-refractivity contribution in [3.63, 3.8) is 0 Å². The second kappa shape index (κ2) is 9.07. The van der Waals surface area contributed by atoms with Gasteiger partial charge >= 0.3 is 0 Å². The Labute approximate surface area is 195 Å². The molecule has 1 atom stereocenters. The van der Waals surface area contributed by atoms with Gasteiger partial charge in [0.15, 0.2) is 11.5 Å². The van der Waals surface area contributed by atoms with Crippen molar-refractivity contribution in [1.29, 1.82) is 0 Å². The fraction of sp³-hybridized carbons (Fsp3) is 0.200. The number of hydrogen-bond donors (Lipinski definition) is 1. The number of anilines is 2. The number of carbonyl (C=O) groups is 2. The summed E-state index contributed by atoms with van der Waals surface area (Å²) in [6.07, 6.45) is 0.281. The lowest BCUT2D eigenvalue weighted by Gasteiger charge is -2.22. The van der Waals surface area contributed by atoms with E-state index in [0.29, 0.717) is 17.2 Å². The van der Waals surface area contributed by atoms with Gasteiger partial charge in [0, 0.05) is 28.3 Å². The molecule has 0 spiro atoms. The van der Waals surface area contributed by atoms with Crippen LogP contribution in [-0.2, 0) is 9.59 Å². The highest BCUT2D eigenvalue weighted by Crippen LogP contribution is 2.45. The van der Waals surface area contributed by atoms with Crippen LogP contribution < -0.4 is 24.4 Å². The van der Waals surface area contributed by atoms with Crippen molar-refractivity contribution < 1.29 is 23.8 Å². The second-order valence-electron chi connectivity index (χ2n) is 7.65. The molecule has 8 heteroatoms. The van der Waals surface area contributed by atoms with Crippen molar-refractivity contribution in [2.75, 3.05) is 30.7 Å². The number of carbonyl (C=O) groups excluding carboxylic acids is 2. The van der Waals surface area contributed by atoms with E-state index < -0.39 is 0 Å². The average Bonchev–Trinajstić information content (AvgIpc) is 3.25. The topological polar surface area (TPSA) is 77.1 Å². The van der Waals surface area contributed by atoms with E-state index in [-0.39, 0.29) is 36.8 Å². The lowest BCUT2D eigenvalue weighted by Crippen LogP contribution is -2.38.